The second kappa shape index (κ2) is 7.20. The molecule has 0 aromatic heterocycles. The molecule has 5 heteroatoms. The molecular formula is C14H16O5. The molecule has 1 aromatic carbocycles. The lowest BCUT2D eigenvalue weighted by atomic mass is 10.0. The van der Waals surface area contributed by atoms with Crippen LogP contribution in [0.3, 0.4) is 0 Å². The van der Waals surface area contributed by atoms with Gasteiger partial charge in [0.05, 0.1) is 7.11 Å². The largest absolute Gasteiger partial charge is 0.496 e. The highest BCUT2D eigenvalue weighted by atomic mass is 16.5. The van der Waals surface area contributed by atoms with E-state index in [0.29, 0.717) is 24.2 Å². The molecule has 1 aromatic rings. The maximum Gasteiger partial charge on any atom is 0.328 e. The Morgan fingerprint density at radius 1 is 1.47 bits per heavy atom. The van der Waals surface area contributed by atoms with Crippen molar-refractivity contribution in [1.29, 1.82) is 0 Å². The standard InChI is InChI=1S/C14H16O5/c1-3-12(19-9-15)11-6-4-10(5-7-14(16)17)8-13(11)18-2/h4-9,12H,3H2,1-2H3,(H,16,17)/b7-5+. The Balaban J connectivity index is 3.07. The normalized spacial score (nSPS) is 12.1. The zero-order valence-electron chi connectivity index (χ0n) is 10.8. The third-order valence-corrected chi connectivity index (χ3v) is 2.61. The highest BCUT2D eigenvalue weighted by Crippen LogP contribution is 2.30. The van der Waals surface area contributed by atoms with Gasteiger partial charge in [-0.3, -0.25) is 4.79 Å². The Labute approximate surface area is 111 Å². The third kappa shape index (κ3) is 4.13. The summed E-state index contributed by atoms with van der Waals surface area (Å²) in [6.45, 7) is 2.30. The number of benzene rings is 1. The molecule has 0 aliphatic heterocycles. The Morgan fingerprint density at radius 3 is 2.74 bits per heavy atom. The molecule has 0 saturated carbocycles. The maximum absolute atomic E-state index is 10.5. The fourth-order valence-corrected chi connectivity index (χ4v) is 1.72. The third-order valence-electron chi connectivity index (χ3n) is 2.61. The molecule has 102 valence electrons. The van der Waals surface area contributed by atoms with Crippen LogP contribution in [-0.2, 0) is 14.3 Å². The molecule has 0 saturated heterocycles. The number of rotatable bonds is 7. The van der Waals surface area contributed by atoms with E-state index < -0.39 is 5.97 Å². The smallest absolute Gasteiger partial charge is 0.328 e. The summed E-state index contributed by atoms with van der Waals surface area (Å²) < 4.78 is 10.2. The first kappa shape index (κ1) is 14.8. The molecule has 0 aliphatic rings. The molecule has 0 spiro atoms. The van der Waals surface area contributed by atoms with Crippen LogP contribution in [0.2, 0.25) is 0 Å². The van der Waals surface area contributed by atoms with E-state index in [-0.39, 0.29) is 6.10 Å². The predicted octanol–water partition coefficient (Wildman–Crippen LogP) is 2.42. The predicted molar refractivity (Wildman–Crippen MR) is 69.8 cm³/mol. The van der Waals surface area contributed by atoms with Gasteiger partial charge in [0.2, 0.25) is 0 Å². The van der Waals surface area contributed by atoms with Crippen LogP contribution >= 0.6 is 0 Å². The summed E-state index contributed by atoms with van der Waals surface area (Å²) >= 11 is 0. The van der Waals surface area contributed by atoms with Crippen molar-refractivity contribution in [3.8, 4) is 5.75 Å². The Kier molecular flexibility index (Phi) is 5.60. The van der Waals surface area contributed by atoms with E-state index in [2.05, 4.69) is 0 Å². The average Bonchev–Trinajstić information content (AvgIpc) is 2.42. The lowest BCUT2D eigenvalue weighted by Gasteiger charge is -2.17. The van der Waals surface area contributed by atoms with Crippen LogP contribution in [0, 0.1) is 0 Å². The van der Waals surface area contributed by atoms with Gasteiger partial charge in [-0.1, -0.05) is 19.1 Å². The van der Waals surface area contributed by atoms with Crippen LogP contribution in [0.5, 0.6) is 5.75 Å². The van der Waals surface area contributed by atoms with E-state index >= 15 is 0 Å². The SMILES string of the molecule is CCC(OC=O)c1ccc(/C=C/C(=O)O)cc1OC. The second-order valence-electron chi connectivity index (χ2n) is 3.80. The van der Waals surface area contributed by atoms with E-state index in [0.717, 1.165) is 11.6 Å². The van der Waals surface area contributed by atoms with E-state index in [1.165, 1.54) is 13.2 Å². The Morgan fingerprint density at radius 2 is 2.21 bits per heavy atom. The monoisotopic (exact) mass is 264 g/mol. The van der Waals surface area contributed by atoms with E-state index in [4.69, 9.17) is 14.6 Å². The van der Waals surface area contributed by atoms with Crippen molar-refractivity contribution >= 4 is 18.5 Å². The molecule has 0 fully saturated rings. The molecule has 0 heterocycles. The second-order valence-corrected chi connectivity index (χ2v) is 3.80. The van der Waals surface area contributed by atoms with Crippen LogP contribution < -0.4 is 4.74 Å². The molecule has 0 radical (unpaired) electrons. The van der Waals surface area contributed by atoms with E-state index in [1.54, 1.807) is 18.2 Å². The fraction of sp³-hybridized carbons (Fsp3) is 0.286. The number of hydrogen-bond acceptors (Lipinski definition) is 4. The molecule has 19 heavy (non-hydrogen) atoms. The van der Waals surface area contributed by atoms with Crippen molar-refractivity contribution < 1.29 is 24.2 Å². The first-order valence-electron chi connectivity index (χ1n) is 5.80. The first-order chi connectivity index (χ1) is 9.12. The topological polar surface area (TPSA) is 72.8 Å². The Bertz CT molecular complexity index is 479. The summed E-state index contributed by atoms with van der Waals surface area (Å²) in [5.74, 6) is -0.458. The summed E-state index contributed by atoms with van der Waals surface area (Å²) in [5, 5.41) is 8.58. The van der Waals surface area contributed by atoms with Crippen molar-refractivity contribution in [3.05, 3.63) is 35.4 Å². The summed E-state index contributed by atoms with van der Waals surface area (Å²) in [7, 11) is 1.51. The van der Waals surface area contributed by atoms with Gasteiger partial charge in [0.1, 0.15) is 11.9 Å². The highest BCUT2D eigenvalue weighted by molar-refractivity contribution is 5.85. The van der Waals surface area contributed by atoms with Gasteiger partial charge in [0.15, 0.2) is 0 Å². The van der Waals surface area contributed by atoms with Gasteiger partial charge < -0.3 is 14.6 Å². The van der Waals surface area contributed by atoms with Crippen LogP contribution in [0.15, 0.2) is 24.3 Å². The summed E-state index contributed by atoms with van der Waals surface area (Å²) in [5.41, 5.74) is 1.45. The summed E-state index contributed by atoms with van der Waals surface area (Å²) in [6, 6.07) is 5.21. The van der Waals surface area contributed by atoms with E-state index in [1.807, 2.05) is 6.92 Å². The fourth-order valence-electron chi connectivity index (χ4n) is 1.72. The van der Waals surface area contributed by atoms with Gasteiger partial charge in [-0.15, -0.1) is 0 Å². The lowest BCUT2D eigenvalue weighted by molar-refractivity contribution is -0.134. The number of hydrogen-bond donors (Lipinski definition) is 1. The van der Waals surface area contributed by atoms with Gasteiger partial charge in [-0.25, -0.2) is 4.79 Å². The number of carboxylic acid groups (broad SMARTS) is 1. The number of carbonyl (C=O) groups excluding carboxylic acids is 1. The summed E-state index contributed by atoms with van der Waals surface area (Å²) in [6.07, 6.45) is 2.77. The summed E-state index contributed by atoms with van der Waals surface area (Å²) in [4.78, 5) is 20.9. The highest BCUT2D eigenvalue weighted by Gasteiger charge is 2.15. The molecule has 1 unspecified atom stereocenters. The van der Waals surface area contributed by atoms with Gasteiger partial charge in [0, 0.05) is 11.6 Å². The van der Waals surface area contributed by atoms with Gasteiger partial charge in [-0.2, -0.15) is 0 Å². The number of carboxylic acids is 1. The lowest BCUT2D eigenvalue weighted by Crippen LogP contribution is -2.04. The first-order valence-corrected chi connectivity index (χ1v) is 5.80. The van der Waals surface area contributed by atoms with Crippen molar-refractivity contribution in [2.24, 2.45) is 0 Å². The average molecular weight is 264 g/mol. The number of aliphatic carboxylic acids is 1. The van der Waals surface area contributed by atoms with Crippen LogP contribution in [0.1, 0.15) is 30.6 Å². The molecule has 5 nitrogen and oxygen atoms in total. The molecule has 1 N–H and O–H groups in total. The number of ether oxygens (including phenoxy) is 2. The number of methoxy groups -OCH3 is 1. The van der Waals surface area contributed by atoms with Crippen molar-refractivity contribution in [2.45, 2.75) is 19.4 Å². The molecule has 0 bridgehead atoms. The molecule has 0 amide bonds. The zero-order chi connectivity index (χ0) is 14.3. The van der Waals surface area contributed by atoms with E-state index in [9.17, 15) is 9.59 Å². The minimum Gasteiger partial charge on any atom is -0.496 e. The minimum absolute atomic E-state index is 0.370. The molecule has 0 aliphatic carbocycles. The molecule has 1 rings (SSSR count). The maximum atomic E-state index is 10.5. The van der Waals surface area contributed by atoms with Gasteiger partial charge >= 0.3 is 5.97 Å². The molecular weight excluding hydrogens is 248 g/mol. The van der Waals surface area contributed by atoms with Gasteiger partial charge in [-0.05, 0) is 24.1 Å². The molecule has 1 atom stereocenters. The number of carbonyl (C=O) groups is 2. The van der Waals surface area contributed by atoms with Crippen molar-refractivity contribution in [3.63, 3.8) is 0 Å². The van der Waals surface area contributed by atoms with Crippen LogP contribution in [0.25, 0.3) is 6.08 Å². The van der Waals surface area contributed by atoms with Crippen LogP contribution in [0.4, 0.5) is 0 Å². The quantitative estimate of drug-likeness (QED) is 0.604. The van der Waals surface area contributed by atoms with Crippen LogP contribution in [-0.4, -0.2) is 24.7 Å². The van der Waals surface area contributed by atoms with Crippen molar-refractivity contribution in [2.75, 3.05) is 7.11 Å². The minimum atomic E-state index is -1.02. The van der Waals surface area contributed by atoms with Crippen molar-refractivity contribution in [1.82, 2.24) is 0 Å². The van der Waals surface area contributed by atoms with Gasteiger partial charge in [0.25, 0.3) is 6.47 Å². The zero-order valence-corrected chi connectivity index (χ0v) is 10.8. The Hall–Kier alpha value is -2.30.